The van der Waals surface area contributed by atoms with Gasteiger partial charge in [0.05, 0.1) is 4.88 Å². The van der Waals surface area contributed by atoms with Gasteiger partial charge in [-0.25, -0.2) is 4.98 Å². The molecule has 0 aliphatic carbocycles. The van der Waals surface area contributed by atoms with Crippen molar-refractivity contribution in [2.75, 3.05) is 5.32 Å². The number of nitrogens with zero attached hydrogens (tertiary/aromatic N) is 1. The average Bonchev–Trinajstić information content (AvgIpc) is 2.97. The predicted octanol–water partition coefficient (Wildman–Crippen LogP) is 4.37. The van der Waals surface area contributed by atoms with Gasteiger partial charge in [-0.3, -0.25) is 10.1 Å². The van der Waals surface area contributed by atoms with Crippen LogP contribution in [0.1, 0.15) is 15.9 Å². The fourth-order valence-corrected chi connectivity index (χ4v) is 2.88. The number of benzene rings is 2. The monoisotopic (exact) mass is 294 g/mol. The van der Waals surface area contributed by atoms with E-state index in [1.165, 1.54) is 11.3 Å². The molecule has 0 atom stereocenters. The molecule has 0 bridgehead atoms. The Labute approximate surface area is 127 Å². The number of amides is 1. The van der Waals surface area contributed by atoms with Crippen LogP contribution in [0.25, 0.3) is 10.4 Å². The van der Waals surface area contributed by atoms with Gasteiger partial charge in [-0.05, 0) is 24.1 Å². The Balaban J connectivity index is 1.79. The minimum absolute atomic E-state index is 0.123. The Morgan fingerprint density at radius 1 is 1.05 bits per heavy atom. The maximum Gasteiger partial charge on any atom is 0.257 e. The first-order valence-electron chi connectivity index (χ1n) is 6.62. The molecule has 21 heavy (non-hydrogen) atoms. The molecule has 3 rings (SSSR count). The van der Waals surface area contributed by atoms with E-state index >= 15 is 0 Å². The standard InChI is InChI=1S/C17H14N2OS/c1-12-7-5-6-10-14(12)16(20)19-17-18-11-15(21-17)13-8-3-2-4-9-13/h2-11H,1H3,(H,18,19,20). The number of carbonyl (C=O) groups is 1. The minimum atomic E-state index is -0.123. The molecule has 1 amide bonds. The second-order valence-electron chi connectivity index (χ2n) is 4.66. The second kappa shape index (κ2) is 5.89. The maximum absolute atomic E-state index is 12.2. The normalized spacial score (nSPS) is 10.3. The van der Waals surface area contributed by atoms with Crippen LogP contribution in [-0.4, -0.2) is 10.9 Å². The molecule has 0 aliphatic rings. The van der Waals surface area contributed by atoms with Crippen molar-refractivity contribution in [2.45, 2.75) is 6.92 Å². The predicted molar refractivity (Wildman–Crippen MR) is 86.7 cm³/mol. The van der Waals surface area contributed by atoms with Gasteiger partial charge < -0.3 is 0 Å². The third-order valence-corrected chi connectivity index (χ3v) is 4.14. The van der Waals surface area contributed by atoms with Crippen LogP contribution >= 0.6 is 11.3 Å². The smallest absolute Gasteiger partial charge is 0.257 e. The third-order valence-electron chi connectivity index (χ3n) is 3.17. The topological polar surface area (TPSA) is 42.0 Å². The SMILES string of the molecule is Cc1ccccc1C(=O)Nc1ncc(-c2ccccc2)s1. The lowest BCUT2D eigenvalue weighted by Gasteiger charge is -2.04. The van der Waals surface area contributed by atoms with E-state index in [1.54, 1.807) is 6.20 Å². The van der Waals surface area contributed by atoms with Crippen molar-refractivity contribution in [3.8, 4) is 10.4 Å². The van der Waals surface area contributed by atoms with Crippen LogP contribution in [0.4, 0.5) is 5.13 Å². The van der Waals surface area contributed by atoms with Crippen LogP contribution in [0.15, 0.2) is 60.8 Å². The number of aryl methyl sites for hydroxylation is 1. The summed E-state index contributed by atoms with van der Waals surface area (Å²) in [6, 6.07) is 17.5. The molecular weight excluding hydrogens is 280 g/mol. The Hall–Kier alpha value is -2.46. The van der Waals surface area contributed by atoms with Crippen LogP contribution in [0.3, 0.4) is 0 Å². The zero-order valence-electron chi connectivity index (χ0n) is 11.5. The highest BCUT2D eigenvalue weighted by molar-refractivity contribution is 7.19. The lowest BCUT2D eigenvalue weighted by Crippen LogP contribution is -2.12. The van der Waals surface area contributed by atoms with Gasteiger partial charge >= 0.3 is 0 Å². The molecular formula is C17H14N2OS. The molecule has 0 aliphatic heterocycles. The van der Waals surface area contributed by atoms with E-state index in [0.29, 0.717) is 10.7 Å². The first-order chi connectivity index (χ1) is 10.2. The summed E-state index contributed by atoms with van der Waals surface area (Å²) in [4.78, 5) is 17.5. The fourth-order valence-electron chi connectivity index (χ4n) is 2.06. The van der Waals surface area contributed by atoms with Gasteiger partial charge in [0.15, 0.2) is 5.13 Å². The molecule has 0 saturated heterocycles. The van der Waals surface area contributed by atoms with E-state index in [2.05, 4.69) is 10.3 Å². The molecule has 1 N–H and O–H groups in total. The summed E-state index contributed by atoms with van der Waals surface area (Å²) in [5, 5.41) is 3.47. The number of nitrogens with one attached hydrogen (secondary N) is 1. The van der Waals surface area contributed by atoms with Crippen LogP contribution in [-0.2, 0) is 0 Å². The largest absolute Gasteiger partial charge is 0.298 e. The van der Waals surface area contributed by atoms with Gasteiger partial charge in [0.1, 0.15) is 0 Å². The molecule has 0 unspecified atom stereocenters. The van der Waals surface area contributed by atoms with Crippen molar-refractivity contribution in [3.05, 3.63) is 71.9 Å². The molecule has 4 heteroatoms. The summed E-state index contributed by atoms with van der Waals surface area (Å²) in [6.45, 7) is 1.92. The van der Waals surface area contributed by atoms with Crippen LogP contribution in [0.2, 0.25) is 0 Å². The second-order valence-corrected chi connectivity index (χ2v) is 5.70. The Bertz CT molecular complexity index is 765. The van der Waals surface area contributed by atoms with Crippen molar-refractivity contribution < 1.29 is 4.79 Å². The molecule has 0 radical (unpaired) electrons. The molecule has 0 fully saturated rings. The van der Waals surface area contributed by atoms with Crippen molar-refractivity contribution in [2.24, 2.45) is 0 Å². The summed E-state index contributed by atoms with van der Waals surface area (Å²) < 4.78 is 0. The van der Waals surface area contributed by atoms with Crippen molar-refractivity contribution in [1.29, 1.82) is 0 Å². The Morgan fingerprint density at radius 2 is 1.76 bits per heavy atom. The summed E-state index contributed by atoms with van der Waals surface area (Å²) >= 11 is 1.47. The van der Waals surface area contributed by atoms with E-state index < -0.39 is 0 Å². The number of thiazole rings is 1. The van der Waals surface area contributed by atoms with E-state index in [1.807, 2.05) is 61.5 Å². The fraction of sp³-hybridized carbons (Fsp3) is 0.0588. The molecule has 0 spiro atoms. The van der Waals surface area contributed by atoms with Crippen LogP contribution in [0.5, 0.6) is 0 Å². The first kappa shape index (κ1) is 13.5. The quantitative estimate of drug-likeness (QED) is 0.779. The molecule has 2 aromatic carbocycles. The summed E-state index contributed by atoms with van der Waals surface area (Å²) in [5.74, 6) is -0.123. The van der Waals surface area contributed by atoms with Gasteiger partial charge in [-0.2, -0.15) is 0 Å². The maximum atomic E-state index is 12.2. The number of hydrogen-bond acceptors (Lipinski definition) is 3. The Kier molecular flexibility index (Phi) is 3.79. The van der Waals surface area contributed by atoms with Crippen molar-refractivity contribution >= 4 is 22.4 Å². The van der Waals surface area contributed by atoms with Gasteiger partial charge in [-0.15, -0.1) is 0 Å². The lowest BCUT2D eigenvalue weighted by molar-refractivity contribution is 0.102. The molecule has 3 nitrogen and oxygen atoms in total. The van der Waals surface area contributed by atoms with E-state index in [-0.39, 0.29) is 5.91 Å². The van der Waals surface area contributed by atoms with Gasteiger partial charge in [0, 0.05) is 11.8 Å². The number of hydrogen-bond donors (Lipinski definition) is 1. The van der Waals surface area contributed by atoms with Crippen LogP contribution in [0, 0.1) is 6.92 Å². The summed E-state index contributed by atoms with van der Waals surface area (Å²) in [5.41, 5.74) is 2.73. The van der Waals surface area contributed by atoms with E-state index in [0.717, 1.165) is 16.0 Å². The molecule has 1 heterocycles. The van der Waals surface area contributed by atoms with Gasteiger partial charge in [-0.1, -0.05) is 59.9 Å². The third kappa shape index (κ3) is 3.01. The highest BCUT2D eigenvalue weighted by Gasteiger charge is 2.11. The van der Waals surface area contributed by atoms with Gasteiger partial charge in [0.2, 0.25) is 0 Å². The number of carbonyl (C=O) groups excluding carboxylic acids is 1. The lowest BCUT2D eigenvalue weighted by atomic mass is 10.1. The highest BCUT2D eigenvalue weighted by Crippen LogP contribution is 2.28. The number of anilines is 1. The molecule has 1 aromatic heterocycles. The van der Waals surface area contributed by atoms with E-state index in [4.69, 9.17) is 0 Å². The van der Waals surface area contributed by atoms with Crippen LogP contribution < -0.4 is 5.32 Å². The molecule has 3 aromatic rings. The van der Waals surface area contributed by atoms with Crippen molar-refractivity contribution in [3.63, 3.8) is 0 Å². The van der Waals surface area contributed by atoms with Gasteiger partial charge in [0.25, 0.3) is 5.91 Å². The molecule has 0 saturated carbocycles. The average molecular weight is 294 g/mol. The van der Waals surface area contributed by atoms with E-state index in [9.17, 15) is 4.79 Å². The first-order valence-corrected chi connectivity index (χ1v) is 7.44. The highest BCUT2D eigenvalue weighted by atomic mass is 32.1. The Morgan fingerprint density at radius 3 is 2.52 bits per heavy atom. The molecule has 104 valence electrons. The zero-order valence-corrected chi connectivity index (χ0v) is 12.4. The van der Waals surface area contributed by atoms with Crippen molar-refractivity contribution in [1.82, 2.24) is 4.98 Å². The summed E-state index contributed by atoms with van der Waals surface area (Å²) in [7, 11) is 0. The number of aromatic nitrogens is 1. The number of rotatable bonds is 3. The zero-order chi connectivity index (χ0) is 14.7. The minimum Gasteiger partial charge on any atom is -0.298 e. The summed E-state index contributed by atoms with van der Waals surface area (Å²) in [6.07, 6.45) is 1.79.